The van der Waals surface area contributed by atoms with Gasteiger partial charge < -0.3 is 29.3 Å². The average molecular weight is 895 g/mol. The Morgan fingerprint density at radius 2 is 1.41 bits per heavy atom. The fraction of sp³-hybridized carbons (Fsp3) is 0.543. The lowest BCUT2D eigenvalue weighted by atomic mass is 9.97. The van der Waals surface area contributed by atoms with Gasteiger partial charge in [-0.2, -0.15) is 4.98 Å². The Hall–Kier alpha value is -4.72. The molecule has 4 rings (SSSR count). The van der Waals surface area contributed by atoms with Gasteiger partial charge in [0.05, 0.1) is 55.3 Å². The Morgan fingerprint density at radius 3 is 1.86 bits per heavy atom. The first-order chi connectivity index (χ1) is 29.5. The lowest BCUT2D eigenvalue weighted by Crippen LogP contribution is -2.30. The Kier molecular flexibility index (Phi) is 18.4. The highest BCUT2D eigenvalue weighted by molar-refractivity contribution is 7.48. The van der Waals surface area contributed by atoms with Gasteiger partial charge in [-0.3, -0.25) is 27.7 Å². The van der Waals surface area contributed by atoms with Crippen LogP contribution in [0.5, 0.6) is 11.5 Å². The Labute approximate surface area is 370 Å². The van der Waals surface area contributed by atoms with Crippen molar-refractivity contribution >= 4 is 31.9 Å². The number of benzene rings is 2. The van der Waals surface area contributed by atoms with Crippen LogP contribution < -0.4 is 15.2 Å². The molecule has 0 spiro atoms. The van der Waals surface area contributed by atoms with E-state index >= 15 is 0 Å². The number of nitrogens with zero attached hydrogens (tertiary/aromatic N) is 4. The minimum absolute atomic E-state index is 0.0404. The smallest absolute Gasteiger partial charge is 0.426 e. The van der Waals surface area contributed by atoms with E-state index in [4.69, 9.17) is 27.8 Å². The molecule has 0 amide bonds. The number of aliphatic imine (C=N–C) groups is 1. The third-order valence-corrected chi connectivity index (χ3v) is 10.5. The van der Waals surface area contributed by atoms with Gasteiger partial charge in [-0.15, -0.1) is 0 Å². The first-order valence-electron chi connectivity index (χ1n) is 21.1. The molecule has 344 valence electrons. The molecule has 0 radical (unpaired) electrons. The van der Waals surface area contributed by atoms with Crippen molar-refractivity contribution in [1.29, 1.82) is 0 Å². The molecule has 1 saturated heterocycles. The number of phosphoric acid groups is 1. The second kappa shape index (κ2) is 22.8. The van der Waals surface area contributed by atoms with Gasteiger partial charge in [-0.25, -0.2) is 14.4 Å². The van der Waals surface area contributed by atoms with Crippen LogP contribution in [0.15, 0.2) is 64.5 Å². The number of aliphatic hydroxyl groups is 2. The minimum Gasteiger partial charge on any atom is -0.426 e. The number of phosphoric ester groups is 1. The fourth-order valence-electron chi connectivity index (χ4n) is 5.76. The summed E-state index contributed by atoms with van der Waals surface area (Å²) in [6.45, 7) is 19.4. The van der Waals surface area contributed by atoms with Crippen LogP contribution in [0.25, 0.3) is 0 Å². The monoisotopic (exact) mass is 894 g/mol. The third-order valence-electron chi connectivity index (χ3n) is 9.14. The predicted octanol–water partition coefficient (Wildman–Crippen LogP) is 7.36. The van der Waals surface area contributed by atoms with Crippen molar-refractivity contribution in [3.05, 3.63) is 81.9 Å². The van der Waals surface area contributed by atoms with Crippen molar-refractivity contribution in [1.82, 2.24) is 14.5 Å². The molecular formula is C46H63N4O12P. The van der Waals surface area contributed by atoms with E-state index in [1.54, 1.807) is 96.4 Å². The number of aromatic nitrogens is 2. The van der Waals surface area contributed by atoms with Crippen LogP contribution in [0.3, 0.4) is 0 Å². The van der Waals surface area contributed by atoms with Crippen LogP contribution in [-0.2, 0) is 45.7 Å². The maximum Gasteiger partial charge on any atom is 0.475 e. The van der Waals surface area contributed by atoms with Gasteiger partial charge in [0.2, 0.25) is 0 Å². The van der Waals surface area contributed by atoms with Gasteiger partial charge >= 0.3 is 25.5 Å². The quantitative estimate of drug-likeness (QED) is 0.0230. The molecule has 1 aliphatic heterocycles. The lowest BCUT2D eigenvalue weighted by Gasteiger charge is -2.23. The molecule has 2 aromatic carbocycles. The first-order valence-corrected chi connectivity index (χ1v) is 22.5. The zero-order valence-corrected chi connectivity index (χ0v) is 38.9. The molecule has 0 bridgehead atoms. The number of aliphatic hydroxyl groups excluding tert-OH is 2. The molecule has 2 heterocycles. The molecule has 0 saturated carbocycles. The number of hydrogen-bond acceptors (Lipinski definition) is 14. The van der Waals surface area contributed by atoms with E-state index in [1.807, 2.05) is 0 Å². The summed E-state index contributed by atoms with van der Waals surface area (Å²) in [7, 11) is -4.26. The van der Waals surface area contributed by atoms with E-state index in [-0.39, 0.29) is 44.0 Å². The summed E-state index contributed by atoms with van der Waals surface area (Å²) in [5.74, 6) is 6.67. The van der Waals surface area contributed by atoms with Crippen LogP contribution in [0.4, 0.5) is 5.82 Å². The average Bonchev–Trinajstić information content (AvgIpc) is 3.58. The highest BCUT2D eigenvalue weighted by Gasteiger charge is 2.35. The van der Waals surface area contributed by atoms with Crippen molar-refractivity contribution in [3.63, 3.8) is 0 Å². The molecule has 3 unspecified atom stereocenters. The summed E-state index contributed by atoms with van der Waals surface area (Å²) < 4.78 is 49.3. The number of hydrogen-bond donors (Lipinski definition) is 2. The van der Waals surface area contributed by atoms with Gasteiger partial charge in [-0.05, 0) is 88.8 Å². The molecule has 1 fully saturated rings. The Bertz CT molecular complexity index is 2090. The maximum atomic E-state index is 14.1. The first kappa shape index (κ1) is 50.9. The van der Waals surface area contributed by atoms with E-state index in [0.717, 1.165) is 13.1 Å². The van der Waals surface area contributed by atoms with E-state index in [0.29, 0.717) is 34.5 Å². The van der Waals surface area contributed by atoms with Crippen molar-refractivity contribution in [2.45, 2.75) is 114 Å². The largest absolute Gasteiger partial charge is 0.475 e. The minimum atomic E-state index is -4.26. The van der Waals surface area contributed by atoms with E-state index in [2.05, 4.69) is 54.4 Å². The van der Waals surface area contributed by atoms with Crippen molar-refractivity contribution in [3.8, 4) is 23.3 Å². The summed E-state index contributed by atoms with van der Waals surface area (Å²) >= 11 is 0. The molecule has 3 aromatic rings. The van der Waals surface area contributed by atoms with Gasteiger partial charge in [0.15, 0.2) is 5.82 Å². The zero-order chi connectivity index (χ0) is 46.5. The van der Waals surface area contributed by atoms with E-state index < -0.39 is 61.3 Å². The Balaban J connectivity index is 1.55. The number of carbonyl (C=O) groups is 2. The lowest BCUT2D eigenvalue weighted by molar-refractivity contribution is -0.143. The molecule has 2 N–H and O–H groups in total. The molecule has 0 aliphatic carbocycles. The zero-order valence-electron chi connectivity index (χ0n) is 38.0. The number of ether oxygens (including phenoxy) is 3. The highest BCUT2D eigenvalue weighted by atomic mass is 31.2. The summed E-state index contributed by atoms with van der Waals surface area (Å²) in [6, 6.07) is 13.1. The molecule has 3 atom stereocenters. The highest BCUT2D eigenvalue weighted by Crippen LogP contribution is 2.51. The van der Waals surface area contributed by atoms with E-state index in [1.165, 1.54) is 10.8 Å². The van der Waals surface area contributed by atoms with Crippen molar-refractivity contribution < 1.29 is 52.1 Å². The molecule has 1 aliphatic rings. The summed E-state index contributed by atoms with van der Waals surface area (Å²) in [5, 5.41) is 20.0. The molecule has 16 nitrogen and oxygen atoms in total. The standard InChI is InChI=1S/C46H63N4O12P/c1-31(2)24-49(25-32(3)4)30-47-41-35(26-50(44(55)48-41)40-23-38(52)39(27-51)62-40)13-11-12-22-57-63(56,58-28-33-14-18-36(19-15-33)60-42(53)45(5,6)7)59-29-34-16-20-37(21-17-34)61-43(54)46(8,9)10/h14-21,26,30-32,38-40,51-52H,12,22-25,27-29H2,1-10H3/b47-30+. The van der Waals surface area contributed by atoms with Crippen molar-refractivity contribution in [2.24, 2.45) is 27.7 Å². The third kappa shape index (κ3) is 16.4. The topological polar surface area (TPSA) is 198 Å². The maximum absolute atomic E-state index is 14.1. The SMILES string of the molecule is CC(C)CN(/C=N/c1nc(=O)n(C2CC(O)C(CO)O2)cc1C#CCCOP(=O)(OCc1ccc(OC(=O)C(C)(C)C)cc1)OCc1ccc(OC(=O)C(C)(C)C)cc1)CC(C)C. The normalized spacial score (nSPS) is 17.0. The summed E-state index contributed by atoms with van der Waals surface area (Å²) in [4.78, 5) is 48.8. The van der Waals surface area contributed by atoms with Crippen molar-refractivity contribution in [2.75, 3.05) is 26.3 Å². The van der Waals surface area contributed by atoms with Crippen LogP contribution in [-0.4, -0.2) is 81.5 Å². The van der Waals surface area contributed by atoms with Gasteiger partial charge in [0.25, 0.3) is 0 Å². The second-order valence-electron chi connectivity index (χ2n) is 18.2. The van der Waals surface area contributed by atoms with Crippen LogP contribution in [0.1, 0.15) is 105 Å². The number of carbonyl (C=O) groups excluding carboxylic acids is 2. The van der Waals surface area contributed by atoms with E-state index in [9.17, 15) is 29.2 Å². The summed E-state index contributed by atoms with van der Waals surface area (Å²) in [6.07, 6.45) is 0.492. The van der Waals surface area contributed by atoms with Gasteiger partial charge in [0, 0.05) is 32.1 Å². The molecule has 1 aromatic heterocycles. The number of esters is 2. The predicted molar refractivity (Wildman–Crippen MR) is 237 cm³/mol. The molecule has 63 heavy (non-hydrogen) atoms. The van der Waals surface area contributed by atoms with Gasteiger partial charge in [-0.1, -0.05) is 63.8 Å². The van der Waals surface area contributed by atoms with Gasteiger partial charge in [0.1, 0.15) is 23.8 Å². The second-order valence-corrected chi connectivity index (χ2v) is 19.9. The van der Waals surface area contributed by atoms with Crippen LogP contribution in [0, 0.1) is 34.5 Å². The Morgan fingerprint density at radius 1 is 0.905 bits per heavy atom. The van der Waals surface area contributed by atoms with Crippen LogP contribution >= 0.6 is 7.82 Å². The summed E-state index contributed by atoms with van der Waals surface area (Å²) in [5.41, 5.74) is -0.561. The fourth-order valence-corrected chi connectivity index (χ4v) is 6.91. The molecular weight excluding hydrogens is 831 g/mol. The molecule has 17 heteroatoms. The number of rotatable bonds is 19. The van der Waals surface area contributed by atoms with Crippen LogP contribution in [0.2, 0.25) is 0 Å².